The van der Waals surface area contributed by atoms with Gasteiger partial charge in [0.2, 0.25) is 5.88 Å². The van der Waals surface area contributed by atoms with Crippen molar-refractivity contribution in [1.82, 2.24) is 15.1 Å². The number of ether oxygens (including phenoxy) is 1. The van der Waals surface area contributed by atoms with Gasteiger partial charge in [0.15, 0.2) is 0 Å². The van der Waals surface area contributed by atoms with E-state index in [1.165, 1.54) is 0 Å². The molecule has 0 aliphatic carbocycles. The van der Waals surface area contributed by atoms with Crippen LogP contribution in [-0.2, 0) is 7.05 Å². The summed E-state index contributed by atoms with van der Waals surface area (Å²) in [6.45, 7) is 2.08. The SMILES string of the molecule is CN[C@H](C)c1cc(OC)nn1C. The third-order valence-electron chi connectivity index (χ3n) is 1.98. The number of aromatic nitrogens is 2. The lowest BCUT2D eigenvalue weighted by atomic mass is 10.2. The number of hydrogen-bond donors (Lipinski definition) is 1. The monoisotopic (exact) mass is 169 g/mol. The van der Waals surface area contributed by atoms with Crippen LogP contribution in [0.1, 0.15) is 18.7 Å². The number of nitrogens with one attached hydrogen (secondary N) is 1. The summed E-state index contributed by atoms with van der Waals surface area (Å²) in [6, 6.07) is 2.23. The van der Waals surface area contributed by atoms with Crippen LogP contribution in [0.5, 0.6) is 5.88 Å². The second-order valence-electron chi connectivity index (χ2n) is 2.75. The molecule has 0 unspecified atom stereocenters. The average molecular weight is 169 g/mol. The predicted octanol–water partition coefficient (Wildman–Crippen LogP) is 0.709. The fourth-order valence-electron chi connectivity index (χ4n) is 1.11. The second-order valence-corrected chi connectivity index (χ2v) is 2.75. The highest BCUT2D eigenvalue weighted by atomic mass is 16.5. The summed E-state index contributed by atoms with van der Waals surface area (Å²) in [5.41, 5.74) is 1.12. The summed E-state index contributed by atoms with van der Waals surface area (Å²) in [7, 11) is 5.45. The molecule has 0 fully saturated rings. The Balaban J connectivity index is 2.91. The molecule has 4 nitrogen and oxygen atoms in total. The standard InChI is InChI=1S/C8H15N3O/c1-6(9-2)7-5-8(12-4)10-11(7)3/h5-6,9H,1-4H3/t6-/m1/s1. The molecule has 0 aliphatic rings. The minimum absolute atomic E-state index is 0.298. The van der Waals surface area contributed by atoms with E-state index in [-0.39, 0.29) is 0 Å². The Kier molecular flexibility index (Phi) is 2.70. The van der Waals surface area contributed by atoms with E-state index in [9.17, 15) is 0 Å². The van der Waals surface area contributed by atoms with Gasteiger partial charge in [-0.1, -0.05) is 0 Å². The minimum atomic E-state index is 0.298. The number of methoxy groups -OCH3 is 1. The lowest BCUT2D eigenvalue weighted by Gasteiger charge is -2.08. The Morgan fingerprint density at radius 1 is 1.67 bits per heavy atom. The molecule has 0 bridgehead atoms. The van der Waals surface area contributed by atoms with E-state index in [0.717, 1.165) is 5.69 Å². The van der Waals surface area contributed by atoms with Gasteiger partial charge in [0.05, 0.1) is 12.8 Å². The zero-order valence-corrected chi connectivity index (χ0v) is 7.96. The molecule has 68 valence electrons. The van der Waals surface area contributed by atoms with Gasteiger partial charge in [-0.25, -0.2) is 0 Å². The summed E-state index contributed by atoms with van der Waals surface area (Å²) < 4.78 is 6.83. The Morgan fingerprint density at radius 2 is 2.33 bits per heavy atom. The van der Waals surface area contributed by atoms with Crippen LogP contribution in [0, 0.1) is 0 Å². The van der Waals surface area contributed by atoms with Gasteiger partial charge in [0.25, 0.3) is 0 Å². The Morgan fingerprint density at radius 3 is 2.75 bits per heavy atom. The molecule has 1 heterocycles. The fourth-order valence-corrected chi connectivity index (χ4v) is 1.11. The van der Waals surface area contributed by atoms with Crippen LogP contribution in [0.25, 0.3) is 0 Å². The highest BCUT2D eigenvalue weighted by Crippen LogP contribution is 2.16. The Bertz CT molecular complexity index is 257. The van der Waals surface area contributed by atoms with Gasteiger partial charge in [-0.15, -0.1) is 5.10 Å². The molecule has 0 saturated heterocycles. The van der Waals surface area contributed by atoms with E-state index >= 15 is 0 Å². The topological polar surface area (TPSA) is 39.1 Å². The molecular weight excluding hydrogens is 154 g/mol. The van der Waals surface area contributed by atoms with Crippen molar-refractivity contribution < 1.29 is 4.74 Å². The number of nitrogens with zero attached hydrogens (tertiary/aromatic N) is 2. The third-order valence-corrected chi connectivity index (χ3v) is 1.98. The van der Waals surface area contributed by atoms with E-state index in [2.05, 4.69) is 17.3 Å². The summed E-state index contributed by atoms with van der Waals surface area (Å²) in [6.07, 6.45) is 0. The smallest absolute Gasteiger partial charge is 0.232 e. The molecule has 1 atom stereocenters. The van der Waals surface area contributed by atoms with Crippen molar-refractivity contribution in [3.8, 4) is 5.88 Å². The van der Waals surface area contributed by atoms with Crippen molar-refractivity contribution in [2.75, 3.05) is 14.2 Å². The van der Waals surface area contributed by atoms with Crippen LogP contribution in [0.3, 0.4) is 0 Å². The minimum Gasteiger partial charge on any atom is -0.480 e. The molecule has 1 aromatic heterocycles. The molecule has 4 heteroatoms. The van der Waals surface area contributed by atoms with Gasteiger partial charge in [-0.05, 0) is 14.0 Å². The summed E-state index contributed by atoms with van der Waals surface area (Å²) in [5.74, 6) is 0.662. The first kappa shape index (κ1) is 9.06. The first-order valence-electron chi connectivity index (χ1n) is 3.94. The Labute approximate surface area is 72.5 Å². The Hall–Kier alpha value is -1.03. The molecular formula is C8H15N3O. The van der Waals surface area contributed by atoms with E-state index < -0.39 is 0 Å². The molecule has 0 saturated carbocycles. The first-order valence-corrected chi connectivity index (χ1v) is 3.94. The van der Waals surface area contributed by atoms with Gasteiger partial charge in [-0.2, -0.15) is 0 Å². The zero-order chi connectivity index (χ0) is 9.14. The second kappa shape index (κ2) is 3.58. The lowest BCUT2D eigenvalue weighted by Crippen LogP contribution is -2.15. The van der Waals surface area contributed by atoms with Crippen LogP contribution < -0.4 is 10.1 Å². The fraction of sp³-hybridized carbons (Fsp3) is 0.625. The molecule has 0 radical (unpaired) electrons. The van der Waals surface area contributed by atoms with Crippen LogP contribution in [0.4, 0.5) is 0 Å². The molecule has 1 N–H and O–H groups in total. The summed E-state index contributed by atoms with van der Waals surface area (Å²) in [4.78, 5) is 0. The summed E-state index contributed by atoms with van der Waals surface area (Å²) >= 11 is 0. The van der Waals surface area contributed by atoms with Gasteiger partial charge in [0, 0.05) is 19.2 Å². The molecule has 1 rings (SSSR count). The first-order chi connectivity index (χ1) is 5.69. The average Bonchev–Trinajstić information content (AvgIpc) is 2.45. The van der Waals surface area contributed by atoms with Crippen LogP contribution in [-0.4, -0.2) is 23.9 Å². The highest BCUT2D eigenvalue weighted by Gasteiger charge is 2.09. The third kappa shape index (κ3) is 1.58. The van der Waals surface area contributed by atoms with E-state index in [4.69, 9.17) is 4.74 Å². The van der Waals surface area contributed by atoms with Crippen LogP contribution in [0.2, 0.25) is 0 Å². The lowest BCUT2D eigenvalue weighted by molar-refractivity contribution is 0.391. The summed E-state index contributed by atoms with van der Waals surface area (Å²) in [5, 5.41) is 7.30. The quantitative estimate of drug-likeness (QED) is 0.724. The maximum atomic E-state index is 5.01. The van der Waals surface area contributed by atoms with E-state index in [1.54, 1.807) is 7.11 Å². The van der Waals surface area contributed by atoms with Gasteiger partial charge < -0.3 is 10.1 Å². The van der Waals surface area contributed by atoms with Gasteiger partial charge in [-0.3, -0.25) is 4.68 Å². The van der Waals surface area contributed by atoms with Crippen molar-refractivity contribution in [3.63, 3.8) is 0 Å². The molecule has 0 aliphatic heterocycles. The zero-order valence-electron chi connectivity index (χ0n) is 7.96. The van der Waals surface area contributed by atoms with Crippen molar-refractivity contribution in [3.05, 3.63) is 11.8 Å². The van der Waals surface area contributed by atoms with Crippen LogP contribution >= 0.6 is 0 Å². The van der Waals surface area contributed by atoms with E-state index in [1.807, 2.05) is 24.8 Å². The molecule has 0 spiro atoms. The van der Waals surface area contributed by atoms with Crippen molar-refractivity contribution >= 4 is 0 Å². The van der Waals surface area contributed by atoms with Gasteiger partial charge >= 0.3 is 0 Å². The van der Waals surface area contributed by atoms with E-state index in [0.29, 0.717) is 11.9 Å². The number of aryl methyl sites for hydroxylation is 1. The molecule has 12 heavy (non-hydrogen) atoms. The molecule has 1 aromatic rings. The van der Waals surface area contributed by atoms with Crippen molar-refractivity contribution in [2.45, 2.75) is 13.0 Å². The predicted molar refractivity (Wildman–Crippen MR) is 47.2 cm³/mol. The van der Waals surface area contributed by atoms with Crippen LogP contribution in [0.15, 0.2) is 6.07 Å². The maximum absolute atomic E-state index is 5.01. The highest BCUT2D eigenvalue weighted by molar-refractivity contribution is 5.17. The maximum Gasteiger partial charge on any atom is 0.232 e. The molecule has 0 amide bonds. The number of rotatable bonds is 3. The largest absolute Gasteiger partial charge is 0.480 e. The normalized spacial score (nSPS) is 13.0. The van der Waals surface area contributed by atoms with Crippen molar-refractivity contribution in [1.29, 1.82) is 0 Å². The van der Waals surface area contributed by atoms with Crippen molar-refractivity contribution in [2.24, 2.45) is 7.05 Å². The van der Waals surface area contributed by atoms with Gasteiger partial charge in [0.1, 0.15) is 0 Å². The number of hydrogen-bond acceptors (Lipinski definition) is 3. The molecule has 0 aromatic carbocycles.